The number of hydrogen-bond acceptors (Lipinski definition) is 7. The number of nitrogens with zero attached hydrogens (tertiary/aromatic N) is 1. The second-order valence-electron chi connectivity index (χ2n) is 14.4. The summed E-state index contributed by atoms with van der Waals surface area (Å²) in [5, 5.41) is 15.1. The SMILES string of the molecule is CCCCCCCCC(CCCCCCCC)CCCCCCCN(CCCCCCCC=O)CCCNc1c(NCCO)c(=O)c1=O. The molecule has 0 amide bonds. The lowest BCUT2D eigenvalue weighted by molar-refractivity contribution is -0.107. The first-order valence-electron chi connectivity index (χ1n) is 20.7. The molecule has 7 heteroatoms. The number of carbonyl (C=O) groups excluding carboxylic acids is 1. The Morgan fingerprint density at radius 3 is 1.40 bits per heavy atom. The molecule has 0 aliphatic rings. The van der Waals surface area contributed by atoms with E-state index in [-0.39, 0.29) is 13.2 Å². The summed E-state index contributed by atoms with van der Waals surface area (Å²) in [5.74, 6) is 0.940. The fraction of sp³-hybridized carbons (Fsp3) is 0.878. The predicted octanol–water partition coefficient (Wildman–Crippen LogP) is 9.79. The molecule has 1 rings (SSSR count). The van der Waals surface area contributed by atoms with Gasteiger partial charge in [-0.05, 0) is 51.2 Å². The number of rotatable bonds is 38. The Morgan fingerprint density at radius 1 is 0.542 bits per heavy atom. The monoisotopic (exact) mass is 676 g/mol. The molecule has 48 heavy (non-hydrogen) atoms. The van der Waals surface area contributed by atoms with Crippen LogP contribution in [0.2, 0.25) is 0 Å². The summed E-state index contributed by atoms with van der Waals surface area (Å²) in [6.45, 7) is 8.63. The first-order chi connectivity index (χ1) is 23.6. The molecule has 1 aromatic carbocycles. The summed E-state index contributed by atoms with van der Waals surface area (Å²) < 4.78 is 0. The second kappa shape index (κ2) is 32.5. The first-order valence-corrected chi connectivity index (χ1v) is 20.7. The smallest absolute Gasteiger partial charge is 0.253 e. The molecule has 0 saturated carbocycles. The van der Waals surface area contributed by atoms with Crippen molar-refractivity contribution in [3.05, 3.63) is 20.4 Å². The van der Waals surface area contributed by atoms with Crippen molar-refractivity contribution in [3.63, 3.8) is 0 Å². The maximum absolute atomic E-state index is 12.0. The predicted molar refractivity (Wildman–Crippen MR) is 207 cm³/mol. The van der Waals surface area contributed by atoms with Gasteiger partial charge in [0.25, 0.3) is 10.9 Å². The fourth-order valence-electron chi connectivity index (χ4n) is 7.01. The van der Waals surface area contributed by atoms with Crippen molar-refractivity contribution < 1.29 is 9.90 Å². The van der Waals surface area contributed by atoms with Crippen molar-refractivity contribution in [2.75, 3.05) is 50.0 Å². The van der Waals surface area contributed by atoms with Gasteiger partial charge >= 0.3 is 0 Å². The highest BCUT2D eigenvalue weighted by Gasteiger charge is 2.20. The minimum Gasteiger partial charge on any atom is -0.395 e. The lowest BCUT2D eigenvalue weighted by atomic mass is 9.89. The molecule has 280 valence electrons. The number of hydrogen-bond donors (Lipinski definition) is 3. The molecule has 0 aliphatic carbocycles. The van der Waals surface area contributed by atoms with E-state index in [9.17, 15) is 14.4 Å². The molecule has 0 unspecified atom stereocenters. The first kappa shape index (κ1) is 44.3. The third-order valence-electron chi connectivity index (χ3n) is 10.1. The summed E-state index contributed by atoms with van der Waals surface area (Å²) >= 11 is 0. The van der Waals surface area contributed by atoms with E-state index in [2.05, 4.69) is 29.4 Å². The molecule has 3 N–H and O–H groups in total. The molecule has 1 aromatic rings. The van der Waals surface area contributed by atoms with Crippen LogP contribution < -0.4 is 21.5 Å². The van der Waals surface area contributed by atoms with Gasteiger partial charge in [0.2, 0.25) is 0 Å². The highest BCUT2D eigenvalue weighted by atomic mass is 16.3. The van der Waals surface area contributed by atoms with Crippen LogP contribution in [-0.4, -0.2) is 55.6 Å². The van der Waals surface area contributed by atoms with Crippen LogP contribution in [-0.2, 0) is 4.79 Å². The van der Waals surface area contributed by atoms with Gasteiger partial charge in [-0.25, -0.2) is 0 Å². The van der Waals surface area contributed by atoms with E-state index in [0.29, 0.717) is 24.3 Å². The number of aldehydes is 1. The largest absolute Gasteiger partial charge is 0.395 e. The minimum absolute atomic E-state index is 0.0800. The van der Waals surface area contributed by atoms with E-state index in [1.807, 2.05) is 0 Å². The van der Waals surface area contributed by atoms with E-state index in [1.165, 1.54) is 148 Å². The molecule has 0 radical (unpaired) electrons. The van der Waals surface area contributed by atoms with E-state index in [0.717, 1.165) is 51.1 Å². The molecule has 0 aromatic heterocycles. The number of anilines is 2. The summed E-state index contributed by atoms with van der Waals surface area (Å²) in [6, 6.07) is 0. The Bertz CT molecular complexity index is 913. The number of aliphatic hydroxyl groups excluding tert-OH is 1. The number of aliphatic hydroxyl groups is 1. The zero-order valence-corrected chi connectivity index (χ0v) is 31.6. The Balaban J connectivity index is 2.39. The molecular weight excluding hydrogens is 598 g/mol. The topological polar surface area (TPSA) is 98.7 Å². The number of unbranched alkanes of at least 4 members (excludes halogenated alkanes) is 19. The van der Waals surface area contributed by atoms with Crippen molar-refractivity contribution in [2.45, 2.75) is 187 Å². The van der Waals surface area contributed by atoms with Gasteiger partial charge in [-0.15, -0.1) is 0 Å². The van der Waals surface area contributed by atoms with Crippen molar-refractivity contribution in [1.29, 1.82) is 0 Å². The lowest BCUT2D eigenvalue weighted by Gasteiger charge is -2.23. The van der Waals surface area contributed by atoms with Crippen LogP contribution >= 0.6 is 0 Å². The van der Waals surface area contributed by atoms with Gasteiger partial charge in [-0.3, -0.25) is 9.59 Å². The van der Waals surface area contributed by atoms with Crippen molar-refractivity contribution in [3.8, 4) is 0 Å². The molecule has 7 nitrogen and oxygen atoms in total. The molecule has 0 spiro atoms. The van der Waals surface area contributed by atoms with E-state index < -0.39 is 10.9 Å². The Morgan fingerprint density at radius 2 is 0.938 bits per heavy atom. The van der Waals surface area contributed by atoms with Gasteiger partial charge in [-0.1, -0.05) is 155 Å². The van der Waals surface area contributed by atoms with Crippen LogP contribution in [0.4, 0.5) is 11.4 Å². The average Bonchev–Trinajstić information content (AvgIpc) is 3.10. The van der Waals surface area contributed by atoms with Crippen LogP contribution in [0.5, 0.6) is 0 Å². The Kier molecular flexibility index (Phi) is 30.0. The van der Waals surface area contributed by atoms with Crippen LogP contribution in [0.15, 0.2) is 9.59 Å². The van der Waals surface area contributed by atoms with Crippen LogP contribution in [0, 0.1) is 5.92 Å². The minimum atomic E-state index is -0.494. The zero-order chi connectivity index (χ0) is 34.9. The standard InChI is InChI=1S/C41H77N3O4/c1-3-5-7-9-14-20-27-37(28-21-15-10-8-6-4-2)29-22-16-13-18-24-33-44(32-23-17-11-12-19-25-35-45)34-26-30-42-38-39(43-31-36-46)41(48)40(38)47/h35,37,42-43,46H,3-34,36H2,1-2H3. The van der Waals surface area contributed by atoms with Crippen LogP contribution in [0.3, 0.4) is 0 Å². The molecule has 0 fully saturated rings. The van der Waals surface area contributed by atoms with Crippen LogP contribution in [0.25, 0.3) is 0 Å². The summed E-state index contributed by atoms with van der Waals surface area (Å²) in [6.07, 6.45) is 36.1. The van der Waals surface area contributed by atoms with Crippen LogP contribution in [0.1, 0.15) is 187 Å². The summed E-state index contributed by atoms with van der Waals surface area (Å²) in [4.78, 5) is 37.0. The van der Waals surface area contributed by atoms with Gasteiger partial charge in [0, 0.05) is 19.5 Å². The van der Waals surface area contributed by atoms with E-state index in [1.54, 1.807) is 0 Å². The van der Waals surface area contributed by atoms with Gasteiger partial charge in [0.15, 0.2) is 0 Å². The van der Waals surface area contributed by atoms with E-state index in [4.69, 9.17) is 5.11 Å². The maximum atomic E-state index is 12.0. The summed E-state index contributed by atoms with van der Waals surface area (Å²) in [7, 11) is 0. The Labute approximate surface area is 295 Å². The molecule has 0 atom stereocenters. The summed E-state index contributed by atoms with van der Waals surface area (Å²) in [5.41, 5.74) is -0.266. The van der Waals surface area contributed by atoms with Crippen molar-refractivity contribution in [1.82, 2.24) is 4.90 Å². The Hall–Kier alpha value is -1.73. The maximum Gasteiger partial charge on any atom is 0.253 e. The lowest BCUT2D eigenvalue weighted by Crippen LogP contribution is -2.38. The molecule has 0 bridgehead atoms. The highest BCUT2D eigenvalue weighted by molar-refractivity contribution is 5.73. The van der Waals surface area contributed by atoms with Gasteiger partial charge in [0.05, 0.1) is 6.61 Å². The third kappa shape index (κ3) is 22.8. The molecule has 0 aliphatic heterocycles. The number of nitrogens with one attached hydrogen (secondary N) is 2. The molecular formula is C41H77N3O4. The molecule has 0 heterocycles. The quantitative estimate of drug-likeness (QED) is 0.0365. The van der Waals surface area contributed by atoms with Gasteiger partial charge in [0.1, 0.15) is 17.7 Å². The fourth-order valence-corrected chi connectivity index (χ4v) is 7.01. The normalized spacial score (nSPS) is 11.7. The van der Waals surface area contributed by atoms with Gasteiger partial charge < -0.3 is 25.4 Å². The average molecular weight is 676 g/mol. The molecule has 0 saturated heterocycles. The van der Waals surface area contributed by atoms with Crippen molar-refractivity contribution >= 4 is 17.7 Å². The van der Waals surface area contributed by atoms with E-state index >= 15 is 0 Å². The van der Waals surface area contributed by atoms with Crippen molar-refractivity contribution in [2.24, 2.45) is 5.92 Å². The highest BCUT2D eigenvalue weighted by Crippen LogP contribution is 2.25. The zero-order valence-electron chi connectivity index (χ0n) is 31.6. The van der Waals surface area contributed by atoms with Gasteiger partial charge in [-0.2, -0.15) is 0 Å². The number of carbonyl (C=O) groups is 1. The second-order valence-corrected chi connectivity index (χ2v) is 14.4. The third-order valence-corrected chi connectivity index (χ3v) is 10.1.